The van der Waals surface area contributed by atoms with Gasteiger partial charge in [-0.2, -0.15) is 16.9 Å². The van der Waals surface area contributed by atoms with E-state index < -0.39 is 0 Å². The van der Waals surface area contributed by atoms with Crippen molar-refractivity contribution < 1.29 is 0 Å². The summed E-state index contributed by atoms with van der Waals surface area (Å²) >= 11 is 8.12. The zero-order chi connectivity index (χ0) is 13.5. The topological polar surface area (TPSA) is 55.9 Å². The molecule has 0 radical (unpaired) electrons. The summed E-state index contributed by atoms with van der Waals surface area (Å²) in [4.78, 5) is 0. The van der Waals surface area contributed by atoms with E-state index >= 15 is 0 Å². The lowest BCUT2D eigenvalue weighted by molar-refractivity contribution is 0.508. The quantitative estimate of drug-likeness (QED) is 0.571. The van der Waals surface area contributed by atoms with Crippen LogP contribution in [0.15, 0.2) is 6.20 Å². The molecule has 0 aromatic carbocycles. The van der Waals surface area contributed by atoms with Gasteiger partial charge in [-0.15, -0.1) is 0 Å². The minimum absolute atomic E-state index is 0.0468. The van der Waals surface area contributed by atoms with Gasteiger partial charge in [-0.3, -0.25) is 16.0 Å². The average Bonchev–Trinajstić information content (AvgIpc) is 2.72. The lowest BCUT2D eigenvalue weighted by Gasteiger charge is -2.19. The van der Waals surface area contributed by atoms with Crippen LogP contribution in [-0.4, -0.2) is 20.8 Å². The second kappa shape index (κ2) is 8.04. The van der Waals surface area contributed by atoms with Crippen molar-refractivity contribution in [1.82, 2.24) is 15.2 Å². The Morgan fingerprint density at radius 2 is 2.28 bits per heavy atom. The molecule has 2 unspecified atom stereocenters. The molecule has 6 heteroatoms. The van der Waals surface area contributed by atoms with Crippen molar-refractivity contribution >= 4 is 23.4 Å². The van der Waals surface area contributed by atoms with Crippen molar-refractivity contribution in [2.75, 3.05) is 5.75 Å². The van der Waals surface area contributed by atoms with Crippen LogP contribution in [0, 0.1) is 0 Å². The largest absolute Gasteiger partial charge is 0.271 e. The minimum Gasteiger partial charge on any atom is -0.271 e. The van der Waals surface area contributed by atoms with Crippen LogP contribution in [0.3, 0.4) is 0 Å². The SMILES string of the molecule is CCCn1ncc(Cl)c1C(CSC(C)CC)NN. The van der Waals surface area contributed by atoms with E-state index in [-0.39, 0.29) is 6.04 Å². The van der Waals surface area contributed by atoms with E-state index in [1.54, 1.807) is 6.20 Å². The Morgan fingerprint density at radius 3 is 2.83 bits per heavy atom. The van der Waals surface area contributed by atoms with Crippen LogP contribution in [-0.2, 0) is 6.54 Å². The van der Waals surface area contributed by atoms with E-state index in [0.29, 0.717) is 10.3 Å². The van der Waals surface area contributed by atoms with Crippen molar-refractivity contribution in [3.63, 3.8) is 0 Å². The summed E-state index contributed by atoms with van der Waals surface area (Å²) in [5.41, 5.74) is 3.85. The van der Waals surface area contributed by atoms with Crippen LogP contribution < -0.4 is 11.3 Å². The predicted molar refractivity (Wildman–Crippen MR) is 79.8 cm³/mol. The maximum Gasteiger partial charge on any atom is 0.0834 e. The molecule has 1 aromatic rings. The van der Waals surface area contributed by atoms with Gasteiger partial charge < -0.3 is 0 Å². The van der Waals surface area contributed by atoms with Crippen molar-refractivity contribution in [3.05, 3.63) is 16.9 Å². The van der Waals surface area contributed by atoms with E-state index in [2.05, 4.69) is 31.3 Å². The number of nitrogens with zero attached hydrogens (tertiary/aromatic N) is 2. The summed E-state index contributed by atoms with van der Waals surface area (Å²) in [5.74, 6) is 6.57. The van der Waals surface area contributed by atoms with E-state index in [1.807, 2.05) is 16.4 Å². The number of halogens is 1. The average molecular weight is 291 g/mol. The van der Waals surface area contributed by atoms with Gasteiger partial charge in [0.2, 0.25) is 0 Å². The Hall–Kier alpha value is -0.230. The number of hydrazine groups is 1. The standard InChI is InChI=1S/C12H23ClN4S/c1-4-6-17-12(10(13)7-15-17)11(16-14)8-18-9(3)5-2/h7,9,11,16H,4-6,8,14H2,1-3H3. The van der Waals surface area contributed by atoms with E-state index in [4.69, 9.17) is 17.4 Å². The molecule has 4 nitrogen and oxygen atoms in total. The highest BCUT2D eigenvalue weighted by molar-refractivity contribution is 7.99. The maximum absolute atomic E-state index is 6.22. The van der Waals surface area contributed by atoms with Gasteiger partial charge in [-0.05, 0) is 12.8 Å². The highest BCUT2D eigenvalue weighted by Gasteiger charge is 2.19. The van der Waals surface area contributed by atoms with Crippen molar-refractivity contribution in [2.45, 2.75) is 51.4 Å². The highest BCUT2D eigenvalue weighted by Crippen LogP contribution is 2.27. The minimum atomic E-state index is 0.0468. The van der Waals surface area contributed by atoms with Crippen molar-refractivity contribution in [1.29, 1.82) is 0 Å². The van der Waals surface area contributed by atoms with E-state index in [9.17, 15) is 0 Å². The molecular weight excluding hydrogens is 268 g/mol. The fourth-order valence-corrected chi connectivity index (χ4v) is 2.98. The molecule has 0 fully saturated rings. The Balaban J connectivity index is 2.77. The van der Waals surface area contributed by atoms with Gasteiger partial charge in [0.15, 0.2) is 0 Å². The Bertz CT molecular complexity index is 356. The van der Waals surface area contributed by atoms with Crippen LogP contribution in [0.1, 0.15) is 45.3 Å². The second-order valence-corrected chi connectivity index (χ2v) is 6.25. The Morgan fingerprint density at radius 1 is 1.56 bits per heavy atom. The molecule has 1 rings (SSSR count). The smallest absolute Gasteiger partial charge is 0.0834 e. The molecule has 0 aliphatic heterocycles. The van der Waals surface area contributed by atoms with Gasteiger partial charge in [0, 0.05) is 17.5 Å². The maximum atomic E-state index is 6.22. The molecule has 1 aromatic heterocycles. The van der Waals surface area contributed by atoms with Gasteiger partial charge in [0.05, 0.1) is 23.0 Å². The number of aryl methyl sites for hydroxylation is 1. The number of aromatic nitrogens is 2. The molecule has 0 aliphatic carbocycles. The number of hydrogen-bond acceptors (Lipinski definition) is 4. The van der Waals surface area contributed by atoms with Crippen molar-refractivity contribution in [2.24, 2.45) is 5.84 Å². The fraction of sp³-hybridized carbons (Fsp3) is 0.750. The van der Waals surface area contributed by atoms with Gasteiger partial charge in [0.25, 0.3) is 0 Å². The van der Waals surface area contributed by atoms with Crippen LogP contribution in [0.2, 0.25) is 5.02 Å². The number of thioether (sulfide) groups is 1. The fourth-order valence-electron chi connectivity index (χ4n) is 1.69. The molecule has 0 saturated carbocycles. The lowest BCUT2D eigenvalue weighted by atomic mass is 10.2. The zero-order valence-electron chi connectivity index (χ0n) is 11.3. The third kappa shape index (κ3) is 4.16. The summed E-state index contributed by atoms with van der Waals surface area (Å²) in [6, 6.07) is 0.0468. The summed E-state index contributed by atoms with van der Waals surface area (Å²) in [5, 5.41) is 5.62. The zero-order valence-corrected chi connectivity index (χ0v) is 12.9. The molecule has 18 heavy (non-hydrogen) atoms. The molecule has 2 atom stereocenters. The van der Waals surface area contributed by atoms with Crippen LogP contribution in [0.4, 0.5) is 0 Å². The van der Waals surface area contributed by atoms with E-state index in [1.165, 1.54) is 0 Å². The Labute approximate surface area is 119 Å². The predicted octanol–water partition coefficient (Wildman–Crippen LogP) is 2.98. The van der Waals surface area contributed by atoms with Crippen molar-refractivity contribution in [3.8, 4) is 0 Å². The molecule has 0 spiro atoms. The molecular formula is C12H23ClN4S. The van der Waals surface area contributed by atoms with E-state index in [0.717, 1.165) is 30.8 Å². The highest BCUT2D eigenvalue weighted by atomic mass is 35.5. The van der Waals surface area contributed by atoms with Crippen LogP contribution in [0.25, 0.3) is 0 Å². The molecule has 0 amide bonds. The molecule has 3 N–H and O–H groups in total. The lowest BCUT2D eigenvalue weighted by Crippen LogP contribution is -2.32. The monoisotopic (exact) mass is 290 g/mol. The first-order valence-electron chi connectivity index (χ1n) is 6.42. The second-order valence-electron chi connectivity index (χ2n) is 4.37. The number of nitrogens with one attached hydrogen (secondary N) is 1. The van der Waals surface area contributed by atoms with Gasteiger partial charge in [-0.25, -0.2) is 0 Å². The van der Waals surface area contributed by atoms with Gasteiger partial charge >= 0.3 is 0 Å². The summed E-state index contributed by atoms with van der Waals surface area (Å²) in [6.45, 7) is 7.41. The molecule has 1 heterocycles. The Kier molecular flexibility index (Phi) is 7.07. The number of rotatable bonds is 8. The van der Waals surface area contributed by atoms with Gasteiger partial charge in [-0.1, -0.05) is 32.4 Å². The molecule has 104 valence electrons. The third-order valence-electron chi connectivity index (χ3n) is 2.92. The molecule has 0 bridgehead atoms. The summed E-state index contributed by atoms with van der Waals surface area (Å²) < 4.78 is 1.95. The summed E-state index contributed by atoms with van der Waals surface area (Å²) in [7, 11) is 0. The van der Waals surface area contributed by atoms with Gasteiger partial charge in [0.1, 0.15) is 0 Å². The first-order chi connectivity index (χ1) is 8.63. The number of nitrogens with two attached hydrogens (primary N) is 1. The number of hydrogen-bond donors (Lipinski definition) is 2. The molecule has 0 aliphatic rings. The first-order valence-corrected chi connectivity index (χ1v) is 7.85. The normalized spacial score (nSPS) is 14.7. The summed E-state index contributed by atoms with van der Waals surface area (Å²) in [6.07, 6.45) is 3.88. The molecule has 0 saturated heterocycles. The third-order valence-corrected chi connectivity index (χ3v) is 4.64. The first kappa shape index (κ1) is 15.8. The van der Waals surface area contributed by atoms with Crippen LogP contribution >= 0.6 is 23.4 Å². The van der Waals surface area contributed by atoms with Crippen LogP contribution in [0.5, 0.6) is 0 Å².